The van der Waals surface area contributed by atoms with Gasteiger partial charge >= 0.3 is 5.63 Å². The first kappa shape index (κ1) is 15.1. The Balaban J connectivity index is 2.01. The predicted octanol–water partition coefficient (Wildman–Crippen LogP) is 3.55. The third-order valence-electron chi connectivity index (χ3n) is 3.36. The number of benzene rings is 2. The van der Waals surface area contributed by atoms with Crippen LogP contribution in [-0.2, 0) is 7.05 Å². The van der Waals surface area contributed by atoms with Crippen LogP contribution in [0.4, 0.5) is 5.69 Å². The van der Waals surface area contributed by atoms with Gasteiger partial charge in [0.05, 0.1) is 0 Å². The van der Waals surface area contributed by atoms with Crippen molar-refractivity contribution in [2.45, 2.75) is 0 Å². The molecule has 3 aromatic rings. The maximum absolute atomic E-state index is 12.6. The summed E-state index contributed by atoms with van der Waals surface area (Å²) in [7, 11) is 1.52. The Labute approximate surface area is 137 Å². The number of hydrogen-bond donors (Lipinski definition) is 1. The number of hydrogen-bond acceptors (Lipinski definition) is 3. The fraction of sp³-hybridized carbons (Fsp3) is 0.0588. The van der Waals surface area contributed by atoms with E-state index in [0.29, 0.717) is 16.3 Å². The maximum Gasteiger partial charge on any atom is 0.366 e. The van der Waals surface area contributed by atoms with Gasteiger partial charge < -0.3 is 9.84 Å². The molecule has 0 saturated carbocycles. The Morgan fingerprint density at radius 3 is 2.39 bits per heavy atom. The van der Waals surface area contributed by atoms with Gasteiger partial charge in [0, 0.05) is 17.8 Å². The quantitative estimate of drug-likeness (QED) is 0.799. The summed E-state index contributed by atoms with van der Waals surface area (Å²) in [5.41, 5.74) is 1.05. The van der Waals surface area contributed by atoms with E-state index in [1.54, 1.807) is 48.5 Å². The second kappa shape index (κ2) is 6.14. The highest BCUT2D eigenvalue weighted by molar-refractivity contribution is 6.30. The molecule has 0 aliphatic heterocycles. The van der Waals surface area contributed by atoms with Crippen molar-refractivity contribution in [1.29, 1.82) is 0 Å². The molecule has 116 valence electrons. The lowest BCUT2D eigenvalue weighted by molar-refractivity contribution is 0.100. The highest BCUT2D eigenvalue weighted by Crippen LogP contribution is 2.22. The van der Waals surface area contributed by atoms with E-state index in [9.17, 15) is 9.59 Å². The van der Waals surface area contributed by atoms with Gasteiger partial charge in [-0.1, -0.05) is 41.9 Å². The molecule has 0 spiro atoms. The Morgan fingerprint density at radius 1 is 1.09 bits per heavy atom. The number of anilines is 1. The van der Waals surface area contributed by atoms with Gasteiger partial charge in [0.15, 0.2) is 5.69 Å². The molecule has 0 atom stereocenters. The van der Waals surface area contributed by atoms with Crippen molar-refractivity contribution < 1.29 is 9.32 Å². The van der Waals surface area contributed by atoms with Crippen molar-refractivity contribution in [3.8, 4) is 11.1 Å². The van der Waals surface area contributed by atoms with Gasteiger partial charge in [0.1, 0.15) is 5.56 Å². The summed E-state index contributed by atoms with van der Waals surface area (Å²) >= 11 is 5.83. The van der Waals surface area contributed by atoms with Gasteiger partial charge in [-0.05, 0) is 29.8 Å². The lowest BCUT2D eigenvalue weighted by Crippen LogP contribution is -2.17. The summed E-state index contributed by atoms with van der Waals surface area (Å²) in [5.74, 6) is -0.431. The summed E-state index contributed by atoms with van der Waals surface area (Å²) in [6, 6.07) is 15.6. The van der Waals surface area contributed by atoms with Crippen LogP contribution in [0.15, 0.2) is 63.9 Å². The smallest absolute Gasteiger partial charge is 0.335 e. The number of amides is 1. The number of aromatic nitrogens is 1. The number of nitrogens with one attached hydrogen (secondary N) is 1. The van der Waals surface area contributed by atoms with Crippen LogP contribution >= 0.6 is 11.6 Å². The number of rotatable bonds is 3. The van der Waals surface area contributed by atoms with Crippen LogP contribution in [0.5, 0.6) is 0 Å². The van der Waals surface area contributed by atoms with Crippen molar-refractivity contribution in [1.82, 2.24) is 4.74 Å². The second-order valence-corrected chi connectivity index (χ2v) is 5.36. The Kier molecular flexibility index (Phi) is 4.04. The lowest BCUT2D eigenvalue weighted by atomic mass is 10.1. The predicted molar refractivity (Wildman–Crippen MR) is 88.8 cm³/mol. The summed E-state index contributed by atoms with van der Waals surface area (Å²) in [6.07, 6.45) is 0. The minimum atomic E-state index is -0.556. The van der Waals surface area contributed by atoms with Gasteiger partial charge in [-0.25, -0.2) is 9.53 Å². The molecule has 3 rings (SSSR count). The van der Waals surface area contributed by atoms with E-state index in [4.69, 9.17) is 16.1 Å². The molecule has 0 aliphatic rings. The van der Waals surface area contributed by atoms with E-state index >= 15 is 0 Å². The molecule has 0 aliphatic carbocycles. The third-order valence-corrected chi connectivity index (χ3v) is 3.61. The van der Waals surface area contributed by atoms with Crippen molar-refractivity contribution in [3.05, 3.63) is 75.7 Å². The first-order valence-corrected chi connectivity index (χ1v) is 7.26. The molecule has 1 heterocycles. The van der Waals surface area contributed by atoms with E-state index in [1.807, 2.05) is 6.07 Å². The first-order valence-electron chi connectivity index (χ1n) is 6.89. The molecule has 2 aromatic carbocycles. The largest absolute Gasteiger partial charge is 0.366 e. The van der Waals surface area contributed by atoms with E-state index in [1.165, 1.54) is 11.8 Å². The van der Waals surface area contributed by atoms with Gasteiger partial charge in [-0.15, -0.1) is 0 Å². The number of halogens is 1. The molecular weight excluding hydrogens is 316 g/mol. The minimum Gasteiger partial charge on any atom is -0.335 e. The molecule has 0 saturated heterocycles. The number of carbonyl (C=O) groups excluding carboxylic acids is 1. The van der Waals surface area contributed by atoms with Gasteiger partial charge in [0.25, 0.3) is 5.91 Å². The van der Waals surface area contributed by atoms with Gasteiger partial charge in [-0.2, -0.15) is 0 Å². The fourth-order valence-corrected chi connectivity index (χ4v) is 2.44. The van der Waals surface area contributed by atoms with Crippen molar-refractivity contribution in [3.63, 3.8) is 0 Å². The maximum atomic E-state index is 12.6. The molecule has 1 aromatic heterocycles. The van der Waals surface area contributed by atoms with Crippen molar-refractivity contribution >= 4 is 23.2 Å². The summed E-state index contributed by atoms with van der Waals surface area (Å²) in [4.78, 5) is 24.6. The highest BCUT2D eigenvalue weighted by atomic mass is 35.5. The van der Waals surface area contributed by atoms with Crippen LogP contribution in [-0.4, -0.2) is 10.6 Å². The minimum absolute atomic E-state index is 0.163. The topological polar surface area (TPSA) is 64.2 Å². The molecule has 0 fully saturated rings. The third kappa shape index (κ3) is 3.05. The average molecular weight is 329 g/mol. The fourth-order valence-electron chi connectivity index (χ4n) is 2.31. The zero-order valence-corrected chi connectivity index (χ0v) is 13.0. The normalized spacial score (nSPS) is 10.5. The van der Waals surface area contributed by atoms with Crippen LogP contribution < -0.4 is 10.9 Å². The van der Waals surface area contributed by atoms with Crippen LogP contribution in [0.2, 0.25) is 5.02 Å². The lowest BCUT2D eigenvalue weighted by Gasteiger charge is -2.07. The summed E-state index contributed by atoms with van der Waals surface area (Å²) in [6.45, 7) is 0. The highest BCUT2D eigenvalue weighted by Gasteiger charge is 2.23. The van der Waals surface area contributed by atoms with Gasteiger partial charge in [0.2, 0.25) is 0 Å². The molecule has 6 heteroatoms. The molecular formula is C17H13ClN2O3. The molecule has 5 nitrogen and oxygen atoms in total. The molecule has 1 amide bonds. The van der Waals surface area contributed by atoms with Crippen molar-refractivity contribution in [2.24, 2.45) is 7.05 Å². The van der Waals surface area contributed by atoms with E-state index < -0.39 is 11.5 Å². The molecule has 0 radical (unpaired) electrons. The Bertz CT molecular complexity index is 896. The molecule has 0 bridgehead atoms. The monoisotopic (exact) mass is 328 g/mol. The zero-order chi connectivity index (χ0) is 16.4. The molecule has 1 N–H and O–H groups in total. The number of carbonyl (C=O) groups is 1. The Hall–Kier alpha value is -2.79. The van der Waals surface area contributed by atoms with Crippen molar-refractivity contribution in [2.75, 3.05) is 5.32 Å². The summed E-state index contributed by atoms with van der Waals surface area (Å²) in [5, 5.41) is 3.31. The SMILES string of the molecule is Cn1oc(=O)c(-c2ccccc2)c1C(=O)Nc1ccc(Cl)cc1. The molecule has 0 unspecified atom stereocenters. The standard InChI is InChI=1S/C17H13ClN2O3/c1-20-15(16(21)19-13-9-7-12(18)8-10-13)14(17(22)23-20)11-5-3-2-4-6-11/h2-10H,1H3,(H,19,21). The van der Waals surface area contributed by atoms with E-state index in [0.717, 1.165) is 0 Å². The zero-order valence-electron chi connectivity index (χ0n) is 12.2. The van der Waals surface area contributed by atoms with Gasteiger partial charge in [-0.3, -0.25) is 4.79 Å². The van der Waals surface area contributed by atoms with Crippen LogP contribution in [0, 0.1) is 0 Å². The van der Waals surface area contributed by atoms with Crippen LogP contribution in [0.25, 0.3) is 11.1 Å². The average Bonchev–Trinajstić information content (AvgIpc) is 2.85. The van der Waals surface area contributed by atoms with E-state index in [-0.39, 0.29) is 11.3 Å². The first-order chi connectivity index (χ1) is 11.1. The molecule has 23 heavy (non-hydrogen) atoms. The number of aryl methyl sites for hydroxylation is 1. The Morgan fingerprint density at radius 2 is 1.74 bits per heavy atom. The second-order valence-electron chi connectivity index (χ2n) is 4.93. The van der Waals surface area contributed by atoms with Crippen LogP contribution in [0.1, 0.15) is 10.5 Å². The summed E-state index contributed by atoms with van der Waals surface area (Å²) < 4.78 is 6.23. The van der Waals surface area contributed by atoms with E-state index in [2.05, 4.69) is 5.32 Å². The number of nitrogens with zero attached hydrogens (tertiary/aromatic N) is 1. The van der Waals surface area contributed by atoms with Crippen LogP contribution in [0.3, 0.4) is 0 Å².